The quantitative estimate of drug-likeness (QED) is 0.505. The number of nitrogens with zero attached hydrogens (tertiary/aromatic N) is 4. The smallest absolute Gasteiger partial charge is 0.242 e. The highest BCUT2D eigenvalue weighted by atomic mass is 35.5. The molecule has 0 radical (unpaired) electrons. The van der Waals surface area contributed by atoms with Gasteiger partial charge in [0.05, 0.1) is 17.9 Å². The lowest BCUT2D eigenvalue weighted by molar-refractivity contribution is -0.122. The Bertz CT molecular complexity index is 1040. The number of aromatic nitrogens is 4. The molecule has 1 amide bonds. The van der Waals surface area contributed by atoms with Gasteiger partial charge in [-0.1, -0.05) is 17.7 Å². The van der Waals surface area contributed by atoms with Crippen LogP contribution in [0.15, 0.2) is 42.9 Å². The van der Waals surface area contributed by atoms with Crippen molar-refractivity contribution in [2.45, 2.75) is 31.7 Å². The molecule has 156 valence electrons. The Morgan fingerprint density at radius 1 is 1.33 bits per heavy atom. The zero-order valence-electron chi connectivity index (χ0n) is 15.6. The highest BCUT2D eigenvalue weighted by molar-refractivity contribution is 6.31. The summed E-state index contributed by atoms with van der Waals surface area (Å²) in [6.07, 6.45) is 4.09. The van der Waals surface area contributed by atoms with Gasteiger partial charge in [-0.2, -0.15) is 10.1 Å². The summed E-state index contributed by atoms with van der Waals surface area (Å²) in [5.41, 5.74) is 0.920. The van der Waals surface area contributed by atoms with Crippen molar-refractivity contribution in [1.82, 2.24) is 25.1 Å². The largest absolute Gasteiger partial charge is 0.366 e. The molecular formula is C19H18ClF2N7O. The third-order valence-corrected chi connectivity index (χ3v) is 4.77. The van der Waals surface area contributed by atoms with Crippen LogP contribution in [-0.4, -0.2) is 37.9 Å². The molecule has 1 aliphatic carbocycles. The van der Waals surface area contributed by atoms with Gasteiger partial charge in [0.1, 0.15) is 24.4 Å². The normalized spacial score (nSPS) is 17.4. The molecule has 1 aromatic carbocycles. The fourth-order valence-electron chi connectivity index (χ4n) is 2.75. The van der Waals surface area contributed by atoms with Gasteiger partial charge in [0.15, 0.2) is 0 Å². The molecule has 1 fully saturated rings. The number of carbonyl (C=O) groups excluding carboxylic acids is 1. The van der Waals surface area contributed by atoms with E-state index in [0.29, 0.717) is 34.5 Å². The first-order chi connectivity index (χ1) is 14.5. The van der Waals surface area contributed by atoms with Crippen LogP contribution in [-0.2, 0) is 17.9 Å². The van der Waals surface area contributed by atoms with Crippen molar-refractivity contribution in [2.75, 3.05) is 10.6 Å². The van der Waals surface area contributed by atoms with E-state index in [9.17, 15) is 13.6 Å². The maximum atomic E-state index is 13.9. The predicted octanol–water partition coefficient (Wildman–Crippen LogP) is 3.05. The first-order valence-electron chi connectivity index (χ1n) is 9.20. The van der Waals surface area contributed by atoms with Crippen LogP contribution in [0.25, 0.3) is 0 Å². The van der Waals surface area contributed by atoms with Crippen molar-refractivity contribution in [3.8, 4) is 0 Å². The van der Waals surface area contributed by atoms with Gasteiger partial charge >= 0.3 is 0 Å². The number of anilines is 3. The SMILES string of the molecule is O=C(Cn1cc(Nc2nccc(NCc3c(F)cccc3Cl)n2)cn1)NC1CC1F. The number of carbonyl (C=O) groups is 1. The number of benzene rings is 1. The van der Waals surface area contributed by atoms with Gasteiger partial charge < -0.3 is 16.0 Å². The second kappa shape index (κ2) is 8.62. The third-order valence-electron chi connectivity index (χ3n) is 4.42. The molecule has 0 bridgehead atoms. The molecule has 2 aromatic heterocycles. The molecule has 0 aliphatic heterocycles. The number of nitrogens with one attached hydrogen (secondary N) is 3. The first kappa shape index (κ1) is 20.0. The van der Waals surface area contributed by atoms with Crippen molar-refractivity contribution >= 4 is 35.0 Å². The molecule has 2 heterocycles. The minimum absolute atomic E-state index is 0.0171. The summed E-state index contributed by atoms with van der Waals surface area (Å²) in [5, 5.41) is 13.0. The molecule has 1 aliphatic rings. The molecule has 3 N–H and O–H groups in total. The van der Waals surface area contributed by atoms with Gasteiger partial charge in [-0.05, 0) is 18.2 Å². The molecule has 8 nitrogen and oxygen atoms in total. The molecule has 0 saturated heterocycles. The van der Waals surface area contributed by atoms with E-state index in [4.69, 9.17) is 11.6 Å². The van der Waals surface area contributed by atoms with Crippen molar-refractivity contribution in [3.05, 3.63) is 59.3 Å². The number of alkyl halides is 1. The Labute approximate surface area is 175 Å². The highest BCUT2D eigenvalue weighted by Gasteiger charge is 2.38. The first-order valence-corrected chi connectivity index (χ1v) is 9.58. The van der Waals surface area contributed by atoms with Gasteiger partial charge in [-0.15, -0.1) is 0 Å². The lowest BCUT2D eigenvalue weighted by atomic mass is 10.2. The van der Waals surface area contributed by atoms with E-state index in [0.717, 1.165) is 0 Å². The maximum Gasteiger partial charge on any atom is 0.242 e. The second-order valence-corrected chi connectivity index (χ2v) is 7.20. The molecule has 4 rings (SSSR count). The van der Waals surface area contributed by atoms with Crippen LogP contribution in [0.4, 0.5) is 26.2 Å². The monoisotopic (exact) mass is 433 g/mol. The summed E-state index contributed by atoms with van der Waals surface area (Å²) < 4.78 is 28.2. The molecule has 1 saturated carbocycles. The lowest BCUT2D eigenvalue weighted by Gasteiger charge is -2.09. The van der Waals surface area contributed by atoms with E-state index in [1.165, 1.54) is 16.9 Å². The van der Waals surface area contributed by atoms with Crippen LogP contribution < -0.4 is 16.0 Å². The van der Waals surface area contributed by atoms with E-state index in [-0.39, 0.29) is 25.0 Å². The third kappa shape index (κ3) is 5.01. The van der Waals surface area contributed by atoms with E-state index in [2.05, 4.69) is 31.0 Å². The van der Waals surface area contributed by atoms with Crippen LogP contribution in [0, 0.1) is 5.82 Å². The summed E-state index contributed by atoms with van der Waals surface area (Å²) in [6.45, 7) is 0.145. The van der Waals surface area contributed by atoms with Gasteiger partial charge in [-0.3, -0.25) is 9.48 Å². The summed E-state index contributed by atoms with van der Waals surface area (Å²) in [7, 11) is 0. The van der Waals surface area contributed by atoms with Crippen molar-refractivity contribution in [2.24, 2.45) is 0 Å². The topological polar surface area (TPSA) is 96.8 Å². The van der Waals surface area contributed by atoms with Crippen LogP contribution >= 0.6 is 11.6 Å². The minimum atomic E-state index is -0.948. The molecule has 3 aromatic rings. The van der Waals surface area contributed by atoms with Gasteiger partial charge in [0.2, 0.25) is 11.9 Å². The molecular weight excluding hydrogens is 416 g/mol. The molecule has 2 unspecified atom stereocenters. The maximum absolute atomic E-state index is 13.9. The van der Waals surface area contributed by atoms with E-state index < -0.39 is 12.0 Å². The minimum Gasteiger partial charge on any atom is -0.366 e. The predicted molar refractivity (Wildman–Crippen MR) is 108 cm³/mol. The Balaban J connectivity index is 1.34. The van der Waals surface area contributed by atoms with Crippen molar-refractivity contribution in [3.63, 3.8) is 0 Å². The molecule has 2 atom stereocenters. The number of amides is 1. The van der Waals surface area contributed by atoms with Gasteiger partial charge in [0, 0.05) is 35.9 Å². The van der Waals surface area contributed by atoms with Crippen LogP contribution in [0.1, 0.15) is 12.0 Å². The van der Waals surface area contributed by atoms with E-state index in [1.807, 2.05) is 0 Å². The summed E-state index contributed by atoms with van der Waals surface area (Å²) in [6, 6.07) is 5.76. The lowest BCUT2D eigenvalue weighted by Crippen LogP contribution is -2.30. The van der Waals surface area contributed by atoms with Crippen LogP contribution in [0.3, 0.4) is 0 Å². The fraction of sp³-hybridized carbons (Fsp3) is 0.263. The molecule has 11 heteroatoms. The molecule has 0 spiro atoms. The zero-order valence-corrected chi connectivity index (χ0v) is 16.4. The standard InChI is InChI=1S/C19H18ClF2N7O/c20-13-2-1-3-14(21)12(13)8-24-17-4-5-23-19(28-17)26-11-7-25-29(9-11)10-18(30)27-16-6-15(16)22/h1-5,7,9,15-16H,6,8,10H2,(H,27,30)(H2,23,24,26,28). The average Bonchev–Trinajstić information content (AvgIpc) is 3.21. The van der Waals surface area contributed by atoms with E-state index >= 15 is 0 Å². The Morgan fingerprint density at radius 3 is 2.93 bits per heavy atom. The number of halogens is 3. The fourth-order valence-corrected chi connectivity index (χ4v) is 2.98. The number of hydrogen-bond donors (Lipinski definition) is 3. The van der Waals surface area contributed by atoms with Crippen molar-refractivity contribution in [1.29, 1.82) is 0 Å². The van der Waals surface area contributed by atoms with Crippen LogP contribution in [0.2, 0.25) is 5.02 Å². The highest BCUT2D eigenvalue weighted by Crippen LogP contribution is 2.24. The Kier molecular flexibility index (Phi) is 5.75. The summed E-state index contributed by atoms with van der Waals surface area (Å²) in [5.74, 6) is 0.0670. The Morgan fingerprint density at radius 2 is 2.17 bits per heavy atom. The average molecular weight is 434 g/mol. The molecule has 30 heavy (non-hydrogen) atoms. The van der Waals surface area contributed by atoms with Gasteiger partial charge in [0.25, 0.3) is 0 Å². The van der Waals surface area contributed by atoms with Gasteiger partial charge in [-0.25, -0.2) is 13.8 Å². The Hall–Kier alpha value is -3.27. The van der Waals surface area contributed by atoms with Crippen molar-refractivity contribution < 1.29 is 13.6 Å². The van der Waals surface area contributed by atoms with E-state index in [1.54, 1.807) is 30.6 Å². The van der Waals surface area contributed by atoms with Crippen LogP contribution in [0.5, 0.6) is 0 Å². The summed E-state index contributed by atoms with van der Waals surface area (Å²) in [4.78, 5) is 20.3. The number of hydrogen-bond acceptors (Lipinski definition) is 6. The number of rotatable bonds is 8. The summed E-state index contributed by atoms with van der Waals surface area (Å²) >= 11 is 6.03. The second-order valence-electron chi connectivity index (χ2n) is 6.80. The zero-order chi connectivity index (χ0) is 21.1.